The molecule has 0 spiro atoms. The normalized spacial score (nSPS) is 13.1. The molecule has 0 aliphatic heterocycles. The molecule has 0 saturated carbocycles. The van der Waals surface area contributed by atoms with E-state index in [4.69, 9.17) is 4.42 Å². The van der Waals surface area contributed by atoms with Gasteiger partial charge < -0.3 is 9.32 Å². The molecule has 242 valence electrons. The summed E-state index contributed by atoms with van der Waals surface area (Å²) in [6.45, 7) is 4.68. The van der Waals surface area contributed by atoms with Crippen molar-refractivity contribution in [2.45, 2.75) is 19.3 Å². The molecule has 0 saturated heterocycles. The zero-order valence-electron chi connectivity index (χ0n) is 28.6. The van der Waals surface area contributed by atoms with Gasteiger partial charge in [0, 0.05) is 27.4 Å². The van der Waals surface area contributed by atoms with Crippen LogP contribution >= 0.6 is 0 Å². The van der Waals surface area contributed by atoms with Crippen LogP contribution in [-0.4, -0.2) is 0 Å². The minimum atomic E-state index is -0.109. The maximum Gasteiger partial charge on any atom is 0.159 e. The summed E-state index contributed by atoms with van der Waals surface area (Å²) in [5.41, 5.74) is 15.0. The largest absolute Gasteiger partial charge is 0.454 e. The van der Waals surface area contributed by atoms with Gasteiger partial charge in [-0.15, -0.1) is 0 Å². The highest BCUT2D eigenvalue weighted by atomic mass is 16.3. The Hall–Kier alpha value is -6.38. The van der Waals surface area contributed by atoms with Crippen molar-refractivity contribution in [2.24, 2.45) is 0 Å². The molecule has 0 atom stereocenters. The van der Waals surface area contributed by atoms with Crippen molar-refractivity contribution in [3.8, 4) is 33.4 Å². The molecule has 1 aliphatic carbocycles. The van der Waals surface area contributed by atoms with Crippen molar-refractivity contribution < 1.29 is 4.42 Å². The second-order valence-electron chi connectivity index (χ2n) is 14.1. The fourth-order valence-corrected chi connectivity index (χ4v) is 8.26. The highest BCUT2D eigenvalue weighted by Gasteiger charge is 2.38. The van der Waals surface area contributed by atoms with E-state index in [0.717, 1.165) is 39.0 Å². The van der Waals surface area contributed by atoms with E-state index in [1.165, 1.54) is 55.3 Å². The Bertz CT molecular complexity index is 2770. The summed E-state index contributed by atoms with van der Waals surface area (Å²) in [7, 11) is 0. The van der Waals surface area contributed by atoms with Crippen molar-refractivity contribution in [2.75, 3.05) is 4.90 Å². The third-order valence-electron chi connectivity index (χ3n) is 10.9. The number of furan rings is 1. The zero-order valence-corrected chi connectivity index (χ0v) is 28.6. The van der Waals surface area contributed by atoms with Crippen LogP contribution in [-0.2, 0) is 5.41 Å². The quantitative estimate of drug-likeness (QED) is 0.184. The number of anilines is 3. The summed E-state index contributed by atoms with van der Waals surface area (Å²) in [5.74, 6) is 0. The van der Waals surface area contributed by atoms with E-state index in [9.17, 15) is 0 Å². The Labute approximate surface area is 297 Å². The number of para-hydroxylation sites is 2. The van der Waals surface area contributed by atoms with Crippen molar-refractivity contribution in [3.05, 3.63) is 187 Å². The highest BCUT2D eigenvalue weighted by molar-refractivity contribution is 6.11. The molecule has 51 heavy (non-hydrogen) atoms. The van der Waals surface area contributed by atoms with Crippen molar-refractivity contribution in [1.82, 2.24) is 0 Å². The van der Waals surface area contributed by atoms with Crippen molar-refractivity contribution >= 4 is 49.8 Å². The van der Waals surface area contributed by atoms with Crippen LogP contribution in [0.4, 0.5) is 17.1 Å². The number of hydrogen-bond acceptors (Lipinski definition) is 2. The first kappa shape index (κ1) is 29.5. The summed E-state index contributed by atoms with van der Waals surface area (Å²) in [6.07, 6.45) is 0. The van der Waals surface area contributed by atoms with Crippen LogP contribution < -0.4 is 4.90 Å². The van der Waals surface area contributed by atoms with Crippen LogP contribution in [0.1, 0.15) is 25.0 Å². The lowest BCUT2D eigenvalue weighted by Crippen LogP contribution is -2.16. The molecule has 0 radical (unpaired) electrons. The SMILES string of the molecule is CC1(C)c2ccccc2-c2c(N(c3ccc(-c4ccc(-c5ccc6ccccc6c5)cc4)cc3)c3cccc4c3oc3ccccc34)cccc21. The molecule has 1 aromatic heterocycles. The Morgan fingerprint density at radius 2 is 1.04 bits per heavy atom. The predicted octanol–water partition coefficient (Wildman–Crippen LogP) is 13.8. The van der Waals surface area contributed by atoms with Crippen molar-refractivity contribution in [1.29, 1.82) is 0 Å². The lowest BCUT2D eigenvalue weighted by molar-refractivity contribution is 0.660. The maximum atomic E-state index is 6.66. The molecule has 0 bridgehead atoms. The first-order chi connectivity index (χ1) is 25.0. The molecule has 0 amide bonds. The molecule has 9 aromatic rings. The monoisotopic (exact) mass is 653 g/mol. The summed E-state index contributed by atoms with van der Waals surface area (Å²) in [4.78, 5) is 2.40. The molecular weight excluding hydrogens is 619 g/mol. The predicted molar refractivity (Wildman–Crippen MR) is 214 cm³/mol. The Morgan fingerprint density at radius 3 is 1.86 bits per heavy atom. The van der Waals surface area contributed by atoms with Crippen molar-refractivity contribution in [3.63, 3.8) is 0 Å². The van der Waals surface area contributed by atoms with Gasteiger partial charge in [-0.2, -0.15) is 0 Å². The molecule has 8 aromatic carbocycles. The van der Waals surface area contributed by atoms with E-state index >= 15 is 0 Å². The van der Waals surface area contributed by atoms with Gasteiger partial charge in [0.25, 0.3) is 0 Å². The van der Waals surface area contributed by atoms with Gasteiger partial charge in [-0.3, -0.25) is 0 Å². The minimum Gasteiger partial charge on any atom is -0.454 e. The van der Waals surface area contributed by atoms with E-state index < -0.39 is 0 Å². The van der Waals surface area contributed by atoms with E-state index in [-0.39, 0.29) is 5.41 Å². The molecule has 10 rings (SSSR count). The molecule has 1 aliphatic rings. The molecule has 0 N–H and O–H groups in total. The molecule has 0 unspecified atom stereocenters. The molecule has 0 fully saturated rings. The fraction of sp³-hybridized carbons (Fsp3) is 0.0612. The number of hydrogen-bond donors (Lipinski definition) is 0. The summed E-state index contributed by atoms with van der Waals surface area (Å²) in [5, 5.41) is 4.76. The number of benzene rings is 8. The number of nitrogens with zero attached hydrogens (tertiary/aromatic N) is 1. The molecule has 1 heterocycles. The second-order valence-corrected chi connectivity index (χ2v) is 14.1. The van der Waals surface area contributed by atoms with Crippen LogP contribution in [0.5, 0.6) is 0 Å². The zero-order chi connectivity index (χ0) is 34.1. The molecular formula is C49H35NO. The second kappa shape index (κ2) is 11.3. The summed E-state index contributed by atoms with van der Waals surface area (Å²) < 4.78 is 6.66. The standard InChI is InChI=1S/C49H35NO/c1-49(2)42-16-7-5-14-41(42)47-43(49)17-10-18-44(47)50(45-19-9-15-40-39-13-6-8-20-46(39)51-48(40)45)38-29-27-34(28-30-38)33-21-23-35(24-22-33)37-26-25-32-11-3-4-12-36(32)31-37/h3-31H,1-2H3. The van der Waals surface area contributed by atoms with E-state index in [0.29, 0.717) is 0 Å². The van der Waals surface area contributed by atoms with Gasteiger partial charge in [0.1, 0.15) is 5.58 Å². The Balaban J connectivity index is 1.10. The third-order valence-corrected chi connectivity index (χ3v) is 10.9. The van der Waals surface area contributed by atoms with E-state index in [1.807, 2.05) is 6.07 Å². The average Bonchev–Trinajstić information content (AvgIpc) is 3.68. The smallest absolute Gasteiger partial charge is 0.159 e. The van der Waals surface area contributed by atoms with Gasteiger partial charge in [-0.1, -0.05) is 153 Å². The van der Waals surface area contributed by atoms with E-state index in [2.05, 4.69) is 189 Å². The lowest BCUT2D eigenvalue weighted by Gasteiger charge is -2.29. The Kier molecular flexibility index (Phi) is 6.56. The van der Waals surface area contributed by atoms with Crippen LogP contribution in [0.3, 0.4) is 0 Å². The first-order valence-electron chi connectivity index (χ1n) is 17.7. The van der Waals surface area contributed by atoms with Crippen LogP contribution in [0.15, 0.2) is 180 Å². The van der Waals surface area contributed by atoms with Gasteiger partial charge in [-0.05, 0) is 86.1 Å². The van der Waals surface area contributed by atoms with Crippen LogP contribution in [0, 0.1) is 0 Å². The van der Waals surface area contributed by atoms with Gasteiger partial charge >= 0.3 is 0 Å². The summed E-state index contributed by atoms with van der Waals surface area (Å²) in [6, 6.07) is 63.6. The van der Waals surface area contributed by atoms with E-state index in [1.54, 1.807) is 0 Å². The number of fused-ring (bicyclic) bond motifs is 7. The van der Waals surface area contributed by atoms with Crippen LogP contribution in [0.2, 0.25) is 0 Å². The van der Waals surface area contributed by atoms with Gasteiger partial charge in [0.15, 0.2) is 5.58 Å². The minimum absolute atomic E-state index is 0.109. The third kappa shape index (κ3) is 4.64. The highest BCUT2D eigenvalue weighted by Crippen LogP contribution is 2.55. The van der Waals surface area contributed by atoms with Gasteiger partial charge in [-0.25, -0.2) is 0 Å². The van der Waals surface area contributed by atoms with Gasteiger partial charge in [0.05, 0.1) is 11.4 Å². The van der Waals surface area contributed by atoms with Crippen LogP contribution in [0.25, 0.3) is 66.1 Å². The number of rotatable bonds is 5. The summed E-state index contributed by atoms with van der Waals surface area (Å²) >= 11 is 0. The maximum absolute atomic E-state index is 6.66. The molecule has 2 nitrogen and oxygen atoms in total. The topological polar surface area (TPSA) is 16.4 Å². The fourth-order valence-electron chi connectivity index (χ4n) is 8.26. The average molecular weight is 654 g/mol. The van der Waals surface area contributed by atoms with Gasteiger partial charge in [0.2, 0.25) is 0 Å². The first-order valence-corrected chi connectivity index (χ1v) is 17.7. The molecule has 2 heteroatoms. The lowest BCUT2D eigenvalue weighted by atomic mass is 9.82. The Morgan fingerprint density at radius 1 is 0.451 bits per heavy atom.